The molecule has 1 N–H and O–H groups in total. The average molecular weight is 319 g/mol. The second-order valence-corrected chi connectivity index (χ2v) is 4.79. The zero-order chi connectivity index (χ0) is 16.1. The van der Waals surface area contributed by atoms with Gasteiger partial charge in [-0.1, -0.05) is 6.08 Å². The second-order valence-electron chi connectivity index (χ2n) is 4.40. The van der Waals surface area contributed by atoms with E-state index in [2.05, 4.69) is 15.2 Å². The normalized spacial score (nSPS) is 10.7. The zero-order valence-electron chi connectivity index (χ0n) is 12.8. The Morgan fingerprint density at radius 2 is 1.68 bits per heavy atom. The minimum Gasteiger partial charge on any atom is -0.493 e. The Hall–Kier alpha value is -2.41. The average Bonchev–Trinajstić information content (AvgIpc) is 2.54. The quantitative estimate of drug-likeness (QED) is 0.854. The first-order chi connectivity index (χ1) is 10.6. The lowest BCUT2D eigenvalue weighted by Crippen LogP contribution is -1.96. The lowest BCUT2D eigenvalue weighted by atomic mass is 10.1. The van der Waals surface area contributed by atoms with E-state index in [1.807, 2.05) is 31.2 Å². The third kappa shape index (κ3) is 3.43. The van der Waals surface area contributed by atoms with Gasteiger partial charge < -0.3 is 14.2 Å². The lowest BCUT2D eigenvalue weighted by Gasteiger charge is -2.12. The Morgan fingerprint density at radius 1 is 1.05 bits per heavy atom. The van der Waals surface area contributed by atoms with Crippen LogP contribution in [0.1, 0.15) is 17.0 Å². The zero-order valence-corrected chi connectivity index (χ0v) is 13.7. The Kier molecular flexibility index (Phi) is 5.11. The molecule has 0 spiro atoms. The van der Waals surface area contributed by atoms with Crippen LogP contribution in [0, 0.1) is 11.7 Å². The van der Waals surface area contributed by atoms with Crippen molar-refractivity contribution < 1.29 is 14.2 Å². The number of ether oxygens (including phenoxy) is 3. The molecular weight excluding hydrogens is 302 g/mol. The first-order valence-electron chi connectivity index (χ1n) is 6.50. The van der Waals surface area contributed by atoms with Crippen LogP contribution in [0.3, 0.4) is 0 Å². The standard InChI is InChI=1S/C15H17N3O3S/c1-9-11(16-15(22)18-17-9)6-5-10-7-12(19-2)14(21-4)13(8-10)20-3/h5-8H,1-4H3,(H,16,18,22). The van der Waals surface area contributed by atoms with Crippen LogP contribution in [-0.4, -0.2) is 36.5 Å². The maximum atomic E-state index is 5.33. The lowest BCUT2D eigenvalue weighted by molar-refractivity contribution is 0.324. The van der Waals surface area contributed by atoms with Crippen molar-refractivity contribution in [1.82, 2.24) is 15.2 Å². The van der Waals surface area contributed by atoms with Crippen molar-refractivity contribution in [3.8, 4) is 17.2 Å². The number of nitrogens with zero attached hydrogens (tertiary/aromatic N) is 2. The molecule has 0 fully saturated rings. The van der Waals surface area contributed by atoms with Crippen molar-refractivity contribution >= 4 is 24.4 Å². The summed E-state index contributed by atoms with van der Waals surface area (Å²) in [6.45, 7) is 1.85. The highest BCUT2D eigenvalue weighted by molar-refractivity contribution is 7.71. The van der Waals surface area contributed by atoms with Crippen molar-refractivity contribution in [3.05, 3.63) is 33.9 Å². The number of hydrogen-bond acceptors (Lipinski definition) is 6. The molecule has 0 aliphatic heterocycles. The summed E-state index contributed by atoms with van der Waals surface area (Å²) < 4.78 is 16.3. The predicted octanol–water partition coefficient (Wildman–Crippen LogP) is 3.04. The van der Waals surface area contributed by atoms with Gasteiger partial charge >= 0.3 is 0 Å². The fraction of sp³-hybridized carbons (Fsp3) is 0.267. The maximum absolute atomic E-state index is 5.33. The van der Waals surface area contributed by atoms with Gasteiger partial charge in [-0.25, -0.2) is 4.98 Å². The van der Waals surface area contributed by atoms with Gasteiger partial charge in [0.1, 0.15) is 0 Å². The van der Waals surface area contributed by atoms with E-state index in [1.165, 1.54) is 0 Å². The third-order valence-electron chi connectivity index (χ3n) is 3.03. The highest BCUT2D eigenvalue weighted by atomic mass is 32.1. The second kappa shape index (κ2) is 7.04. The van der Waals surface area contributed by atoms with Crippen LogP contribution in [0.5, 0.6) is 17.2 Å². The van der Waals surface area contributed by atoms with Crippen LogP contribution in [0.15, 0.2) is 12.1 Å². The van der Waals surface area contributed by atoms with Crippen molar-refractivity contribution in [1.29, 1.82) is 0 Å². The van der Waals surface area contributed by atoms with Crippen LogP contribution in [0.4, 0.5) is 0 Å². The summed E-state index contributed by atoms with van der Waals surface area (Å²) in [5.74, 6) is 1.74. The molecule has 2 aromatic rings. The van der Waals surface area contributed by atoms with Crippen LogP contribution < -0.4 is 14.2 Å². The summed E-state index contributed by atoms with van der Waals surface area (Å²) in [6, 6.07) is 3.70. The summed E-state index contributed by atoms with van der Waals surface area (Å²) in [5.41, 5.74) is 2.35. The molecule has 0 saturated heterocycles. The van der Waals surface area contributed by atoms with E-state index in [1.54, 1.807) is 21.3 Å². The number of benzene rings is 1. The molecule has 116 valence electrons. The number of H-pyrrole nitrogens is 1. The highest BCUT2D eigenvalue weighted by Gasteiger charge is 2.12. The van der Waals surface area contributed by atoms with E-state index >= 15 is 0 Å². The highest BCUT2D eigenvalue weighted by Crippen LogP contribution is 2.38. The Labute approximate surface area is 133 Å². The maximum Gasteiger partial charge on any atom is 0.214 e. The first-order valence-corrected chi connectivity index (χ1v) is 6.91. The molecule has 1 aromatic carbocycles. The Balaban J connectivity index is 2.43. The topological polar surface area (TPSA) is 69.3 Å². The fourth-order valence-corrected chi connectivity index (χ4v) is 2.08. The molecule has 0 bridgehead atoms. The number of aromatic amines is 1. The van der Waals surface area contributed by atoms with E-state index < -0.39 is 0 Å². The van der Waals surface area contributed by atoms with Crippen molar-refractivity contribution in [3.63, 3.8) is 0 Å². The molecule has 2 rings (SSSR count). The number of hydrogen-bond donors (Lipinski definition) is 1. The molecule has 0 aliphatic rings. The fourth-order valence-electron chi connectivity index (χ4n) is 1.93. The van der Waals surface area contributed by atoms with E-state index in [0.717, 1.165) is 11.3 Å². The van der Waals surface area contributed by atoms with Gasteiger partial charge in [0, 0.05) is 0 Å². The van der Waals surface area contributed by atoms with Crippen molar-refractivity contribution in [2.24, 2.45) is 0 Å². The molecule has 22 heavy (non-hydrogen) atoms. The molecule has 0 aliphatic carbocycles. The van der Waals surface area contributed by atoms with Crippen LogP contribution in [0.2, 0.25) is 0 Å². The van der Waals surface area contributed by atoms with Gasteiger partial charge in [-0.15, -0.1) is 0 Å². The molecule has 1 heterocycles. The van der Waals surface area contributed by atoms with Gasteiger partial charge in [0.05, 0.1) is 32.7 Å². The van der Waals surface area contributed by atoms with Gasteiger partial charge in [0.25, 0.3) is 0 Å². The van der Waals surface area contributed by atoms with Crippen molar-refractivity contribution in [2.75, 3.05) is 21.3 Å². The first kappa shape index (κ1) is 16.0. The third-order valence-corrected chi connectivity index (χ3v) is 3.22. The van der Waals surface area contributed by atoms with E-state index in [-0.39, 0.29) is 0 Å². The molecule has 0 saturated carbocycles. The largest absolute Gasteiger partial charge is 0.493 e. The van der Waals surface area contributed by atoms with Gasteiger partial charge in [-0.05, 0) is 42.9 Å². The minimum absolute atomic E-state index is 0.343. The molecule has 7 heteroatoms. The summed E-state index contributed by atoms with van der Waals surface area (Å²) in [6.07, 6.45) is 3.73. The molecule has 0 amide bonds. The summed E-state index contributed by atoms with van der Waals surface area (Å²) in [4.78, 5) is 4.23. The summed E-state index contributed by atoms with van der Waals surface area (Å²) >= 11 is 4.98. The van der Waals surface area contributed by atoms with Crippen LogP contribution >= 0.6 is 12.2 Å². The molecule has 6 nitrogen and oxygen atoms in total. The van der Waals surface area contributed by atoms with Crippen LogP contribution in [0.25, 0.3) is 12.2 Å². The Morgan fingerprint density at radius 3 is 2.23 bits per heavy atom. The van der Waals surface area contributed by atoms with Crippen LogP contribution in [-0.2, 0) is 0 Å². The van der Waals surface area contributed by atoms with Gasteiger partial charge in [-0.3, -0.25) is 5.10 Å². The monoisotopic (exact) mass is 319 g/mol. The number of methoxy groups -OCH3 is 3. The molecular formula is C15H17N3O3S. The molecule has 1 aromatic heterocycles. The Bertz CT molecular complexity index is 731. The van der Waals surface area contributed by atoms with E-state index in [0.29, 0.717) is 27.7 Å². The smallest absolute Gasteiger partial charge is 0.214 e. The van der Waals surface area contributed by atoms with E-state index in [4.69, 9.17) is 26.4 Å². The number of aromatic nitrogens is 3. The number of nitrogens with one attached hydrogen (secondary N) is 1. The summed E-state index contributed by atoms with van der Waals surface area (Å²) in [7, 11) is 4.73. The molecule has 0 unspecified atom stereocenters. The van der Waals surface area contributed by atoms with Gasteiger partial charge in [0.15, 0.2) is 11.5 Å². The van der Waals surface area contributed by atoms with E-state index in [9.17, 15) is 0 Å². The molecule has 0 radical (unpaired) electrons. The van der Waals surface area contributed by atoms with Gasteiger partial charge in [0.2, 0.25) is 10.5 Å². The van der Waals surface area contributed by atoms with Crippen molar-refractivity contribution in [2.45, 2.75) is 6.92 Å². The predicted molar refractivity (Wildman–Crippen MR) is 87.0 cm³/mol. The summed E-state index contributed by atoms with van der Waals surface area (Å²) in [5, 5.41) is 6.73. The minimum atomic E-state index is 0.343. The number of aryl methyl sites for hydroxylation is 1. The molecule has 0 atom stereocenters. The van der Waals surface area contributed by atoms with Gasteiger partial charge in [-0.2, -0.15) is 5.10 Å². The SMILES string of the molecule is COc1cc(C=Cc2nc(=S)[nH]nc2C)cc(OC)c1OC. The number of rotatable bonds is 5.